The minimum atomic E-state index is -0.454. The van der Waals surface area contributed by atoms with Crippen LogP contribution in [0.1, 0.15) is 28.4 Å². The second kappa shape index (κ2) is 5.72. The van der Waals surface area contributed by atoms with Crippen LogP contribution in [0.3, 0.4) is 0 Å². The first kappa shape index (κ1) is 14.8. The number of aromatic nitrogens is 3. The highest BCUT2D eigenvalue weighted by Gasteiger charge is 2.30. The van der Waals surface area contributed by atoms with Gasteiger partial charge in [0.05, 0.1) is 13.2 Å². The van der Waals surface area contributed by atoms with Crippen molar-refractivity contribution in [2.24, 2.45) is 0 Å². The van der Waals surface area contributed by atoms with Crippen LogP contribution < -0.4 is 0 Å². The van der Waals surface area contributed by atoms with Crippen LogP contribution >= 0.6 is 0 Å². The monoisotopic (exact) mass is 330 g/mol. The number of aryl methyl sites for hydroxylation is 1. The Kier molecular flexibility index (Phi) is 3.53. The lowest BCUT2D eigenvalue weighted by Crippen LogP contribution is -2.42. The van der Waals surface area contributed by atoms with Gasteiger partial charge in [0.1, 0.15) is 11.5 Å². The molecule has 0 radical (unpaired) electrons. The lowest BCUT2D eigenvalue weighted by molar-refractivity contribution is -0.0350. The number of hydrogen-bond donors (Lipinski definition) is 1. The van der Waals surface area contributed by atoms with Gasteiger partial charge in [0.15, 0.2) is 6.10 Å². The summed E-state index contributed by atoms with van der Waals surface area (Å²) in [5, 5.41) is 8.13. The Morgan fingerprint density at radius 2 is 2.29 bits per heavy atom. The van der Waals surface area contributed by atoms with Crippen molar-refractivity contribution in [2.45, 2.75) is 13.0 Å². The van der Waals surface area contributed by atoms with Crippen LogP contribution in [-0.2, 0) is 4.74 Å². The molecule has 7 nitrogen and oxygen atoms in total. The Labute approximate surface area is 136 Å². The largest absolute Gasteiger partial charge is 0.423 e. The number of ether oxygens (including phenoxy) is 1. The number of morpholine rings is 1. The van der Waals surface area contributed by atoms with E-state index in [9.17, 15) is 9.18 Å². The Bertz CT molecular complexity index is 904. The summed E-state index contributed by atoms with van der Waals surface area (Å²) in [7, 11) is 0. The molecule has 24 heavy (non-hydrogen) atoms. The van der Waals surface area contributed by atoms with Gasteiger partial charge < -0.3 is 19.0 Å². The number of aromatic amines is 1. The fourth-order valence-electron chi connectivity index (χ4n) is 2.83. The normalized spacial score (nSPS) is 18.2. The van der Waals surface area contributed by atoms with Crippen LogP contribution in [0, 0.1) is 12.7 Å². The number of fused-ring (bicyclic) bond motifs is 1. The van der Waals surface area contributed by atoms with E-state index in [1.165, 1.54) is 12.1 Å². The smallest absolute Gasteiger partial charge is 0.270 e. The summed E-state index contributed by atoms with van der Waals surface area (Å²) < 4.78 is 24.8. The lowest BCUT2D eigenvalue weighted by Gasteiger charge is -2.30. The third kappa shape index (κ3) is 2.54. The number of carbonyl (C=O) groups is 1. The molecule has 124 valence electrons. The topological polar surface area (TPSA) is 84.2 Å². The molecule has 1 aliphatic rings. The molecule has 1 atom stereocenters. The maximum absolute atomic E-state index is 13.8. The van der Waals surface area contributed by atoms with Crippen LogP contribution in [0.4, 0.5) is 4.39 Å². The molecule has 0 saturated carbocycles. The van der Waals surface area contributed by atoms with Gasteiger partial charge in [-0.3, -0.25) is 4.79 Å². The van der Waals surface area contributed by atoms with E-state index in [4.69, 9.17) is 9.15 Å². The molecular formula is C16H15FN4O3. The molecule has 4 rings (SSSR count). The van der Waals surface area contributed by atoms with E-state index in [0.29, 0.717) is 48.1 Å². The Morgan fingerprint density at radius 3 is 3.04 bits per heavy atom. The summed E-state index contributed by atoms with van der Waals surface area (Å²) in [5.41, 5.74) is 0.938. The first-order valence-electron chi connectivity index (χ1n) is 7.60. The molecule has 3 aromatic rings. The van der Waals surface area contributed by atoms with Gasteiger partial charge in [-0.2, -0.15) is 0 Å². The fraction of sp³-hybridized carbons (Fsp3) is 0.312. The number of amides is 1. The number of benzene rings is 1. The highest BCUT2D eigenvalue weighted by atomic mass is 19.1. The number of H-pyrrole nitrogens is 1. The van der Waals surface area contributed by atoms with Gasteiger partial charge in [-0.25, -0.2) is 4.39 Å². The number of carbonyl (C=O) groups excluding carboxylic acids is 1. The van der Waals surface area contributed by atoms with Crippen molar-refractivity contribution in [1.29, 1.82) is 0 Å². The molecule has 0 spiro atoms. The predicted octanol–water partition coefficient (Wildman–Crippen LogP) is 2.21. The average molecular weight is 330 g/mol. The summed E-state index contributed by atoms with van der Waals surface area (Å²) in [6.07, 6.45) is -0.454. The van der Waals surface area contributed by atoms with Crippen LogP contribution in [0.25, 0.3) is 10.9 Å². The van der Waals surface area contributed by atoms with Crippen molar-refractivity contribution in [3.05, 3.63) is 47.6 Å². The van der Waals surface area contributed by atoms with Crippen molar-refractivity contribution in [3.63, 3.8) is 0 Å². The standard InChI is InChI=1S/C16H15FN4O3/c1-9-19-20-15(24-9)14-8-21(5-6-23-14)16(22)13-7-10-11(17)3-2-4-12(10)18-13/h2-4,7,14,18H,5-6,8H2,1H3/t14-/m0/s1. The zero-order valence-electron chi connectivity index (χ0n) is 13.0. The van der Waals surface area contributed by atoms with Crippen molar-refractivity contribution < 1.29 is 18.3 Å². The summed E-state index contributed by atoms with van der Waals surface area (Å²) >= 11 is 0. The minimum Gasteiger partial charge on any atom is -0.423 e. The quantitative estimate of drug-likeness (QED) is 0.779. The highest BCUT2D eigenvalue weighted by Crippen LogP contribution is 2.24. The minimum absolute atomic E-state index is 0.213. The zero-order valence-corrected chi connectivity index (χ0v) is 13.0. The third-order valence-corrected chi connectivity index (χ3v) is 4.01. The van der Waals surface area contributed by atoms with Crippen molar-refractivity contribution in [3.8, 4) is 0 Å². The Morgan fingerprint density at radius 1 is 1.42 bits per heavy atom. The second-order valence-electron chi connectivity index (χ2n) is 5.65. The van der Waals surface area contributed by atoms with Crippen LogP contribution in [-0.4, -0.2) is 45.7 Å². The molecule has 1 N–H and O–H groups in total. The molecule has 0 bridgehead atoms. The summed E-state index contributed by atoms with van der Waals surface area (Å²) in [6.45, 7) is 2.81. The second-order valence-corrected chi connectivity index (χ2v) is 5.65. The molecule has 1 fully saturated rings. The molecule has 1 saturated heterocycles. The molecule has 2 aromatic heterocycles. The van der Waals surface area contributed by atoms with Gasteiger partial charge in [-0.05, 0) is 18.2 Å². The Hall–Kier alpha value is -2.74. The molecular weight excluding hydrogens is 315 g/mol. The number of nitrogens with one attached hydrogen (secondary N) is 1. The van der Waals surface area contributed by atoms with Gasteiger partial charge in [-0.15, -0.1) is 10.2 Å². The van der Waals surface area contributed by atoms with Crippen LogP contribution in [0.15, 0.2) is 28.7 Å². The van der Waals surface area contributed by atoms with E-state index in [-0.39, 0.29) is 11.7 Å². The van der Waals surface area contributed by atoms with Gasteiger partial charge in [0.25, 0.3) is 5.91 Å². The van der Waals surface area contributed by atoms with Gasteiger partial charge in [0.2, 0.25) is 11.8 Å². The lowest BCUT2D eigenvalue weighted by atomic mass is 10.2. The number of rotatable bonds is 2. The highest BCUT2D eigenvalue weighted by molar-refractivity contribution is 5.98. The van der Waals surface area contributed by atoms with E-state index >= 15 is 0 Å². The fourth-order valence-corrected chi connectivity index (χ4v) is 2.83. The molecule has 3 heterocycles. The van der Waals surface area contributed by atoms with Crippen LogP contribution in [0.2, 0.25) is 0 Å². The number of nitrogens with zero attached hydrogens (tertiary/aromatic N) is 3. The van der Waals surface area contributed by atoms with E-state index in [1.807, 2.05) is 0 Å². The summed E-state index contributed by atoms with van der Waals surface area (Å²) in [6, 6.07) is 6.24. The zero-order chi connectivity index (χ0) is 16.7. The Balaban J connectivity index is 1.57. The number of halogens is 1. The van der Waals surface area contributed by atoms with Gasteiger partial charge in [0, 0.05) is 24.4 Å². The molecule has 1 aromatic carbocycles. The van der Waals surface area contributed by atoms with E-state index in [0.717, 1.165) is 0 Å². The van der Waals surface area contributed by atoms with Crippen LogP contribution in [0.5, 0.6) is 0 Å². The molecule has 0 unspecified atom stereocenters. The maximum Gasteiger partial charge on any atom is 0.270 e. The van der Waals surface area contributed by atoms with Crippen molar-refractivity contribution in [2.75, 3.05) is 19.7 Å². The van der Waals surface area contributed by atoms with E-state index in [1.54, 1.807) is 24.0 Å². The predicted molar refractivity (Wildman–Crippen MR) is 81.9 cm³/mol. The molecule has 0 aliphatic carbocycles. The molecule has 1 amide bonds. The van der Waals surface area contributed by atoms with E-state index in [2.05, 4.69) is 15.2 Å². The maximum atomic E-state index is 13.8. The number of hydrogen-bond acceptors (Lipinski definition) is 5. The van der Waals surface area contributed by atoms with Gasteiger partial charge in [-0.1, -0.05) is 6.07 Å². The van der Waals surface area contributed by atoms with E-state index < -0.39 is 6.10 Å². The SMILES string of the molecule is Cc1nnc([C@@H]2CN(C(=O)c3cc4c(F)cccc4[nH]3)CCO2)o1. The molecule has 1 aliphatic heterocycles. The summed E-state index contributed by atoms with van der Waals surface area (Å²) in [4.78, 5) is 17.3. The first-order valence-corrected chi connectivity index (χ1v) is 7.60. The van der Waals surface area contributed by atoms with Crippen molar-refractivity contribution >= 4 is 16.8 Å². The molecule has 8 heteroatoms. The first-order chi connectivity index (χ1) is 11.6. The third-order valence-electron chi connectivity index (χ3n) is 4.01. The van der Waals surface area contributed by atoms with Gasteiger partial charge >= 0.3 is 0 Å². The van der Waals surface area contributed by atoms with Crippen molar-refractivity contribution in [1.82, 2.24) is 20.1 Å². The average Bonchev–Trinajstić information content (AvgIpc) is 3.21. The summed E-state index contributed by atoms with van der Waals surface area (Å²) in [5.74, 6) is 0.231.